The van der Waals surface area contributed by atoms with Gasteiger partial charge in [0.05, 0.1) is 16.4 Å². The molecule has 0 saturated carbocycles. The highest BCUT2D eigenvalue weighted by Gasteiger charge is 2.31. The van der Waals surface area contributed by atoms with Crippen LogP contribution in [0, 0.1) is 0 Å². The Morgan fingerprint density at radius 3 is 2.33 bits per heavy atom. The van der Waals surface area contributed by atoms with Crippen molar-refractivity contribution < 1.29 is 21.9 Å². The van der Waals surface area contributed by atoms with Gasteiger partial charge < -0.3 is 5.11 Å². The van der Waals surface area contributed by atoms with Gasteiger partial charge in [-0.05, 0) is 30.7 Å². The van der Waals surface area contributed by atoms with Crippen molar-refractivity contribution in [3.63, 3.8) is 0 Å². The van der Waals surface area contributed by atoms with E-state index in [2.05, 4.69) is 4.72 Å². The molecule has 6 nitrogen and oxygen atoms in total. The van der Waals surface area contributed by atoms with Crippen LogP contribution in [0.3, 0.4) is 0 Å². The van der Waals surface area contributed by atoms with Crippen LogP contribution in [0.2, 0.25) is 0 Å². The van der Waals surface area contributed by atoms with Crippen molar-refractivity contribution >= 4 is 19.9 Å². The Kier molecular flexibility index (Phi) is 3.35. The van der Waals surface area contributed by atoms with Crippen LogP contribution in [0.1, 0.15) is 6.42 Å². The minimum Gasteiger partial charge on any atom is -0.508 e. The van der Waals surface area contributed by atoms with Gasteiger partial charge in [-0.25, -0.2) is 21.6 Å². The van der Waals surface area contributed by atoms with E-state index in [1.165, 1.54) is 24.3 Å². The van der Waals surface area contributed by atoms with Crippen molar-refractivity contribution in [1.82, 2.24) is 4.72 Å². The summed E-state index contributed by atoms with van der Waals surface area (Å²) in [5, 5.41) is 9.08. The van der Waals surface area contributed by atoms with Crippen molar-refractivity contribution in [3.05, 3.63) is 24.3 Å². The first kappa shape index (κ1) is 13.3. The van der Waals surface area contributed by atoms with Crippen LogP contribution in [0.25, 0.3) is 0 Å². The lowest BCUT2D eigenvalue weighted by Gasteiger charge is -2.11. The van der Waals surface area contributed by atoms with E-state index in [0.717, 1.165) is 0 Å². The summed E-state index contributed by atoms with van der Waals surface area (Å²) in [7, 11) is -6.86. The fourth-order valence-corrected chi connectivity index (χ4v) is 4.85. The van der Waals surface area contributed by atoms with Gasteiger partial charge in [0.15, 0.2) is 9.84 Å². The van der Waals surface area contributed by atoms with E-state index in [0.29, 0.717) is 6.42 Å². The molecule has 0 spiro atoms. The summed E-state index contributed by atoms with van der Waals surface area (Å²) >= 11 is 0. The van der Waals surface area contributed by atoms with Crippen LogP contribution in [0.15, 0.2) is 29.2 Å². The Bertz CT molecular complexity index is 633. The average Bonchev–Trinajstić information content (AvgIpc) is 2.57. The van der Waals surface area contributed by atoms with Gasteiger partial charge in [-0.1, -0.05) is 0 Å². The molecular weight excluding hydrogens is 278 g/mol. The van der Waals surface area contributed by atoms with Crippen molar-refractivity contribution in [2.24, 2.45) is 0 Å². The van der Waals surface area contributed by atoms with E-state index in [1.54, 1.807) is 0 Å². The molecule has 1 aliphatic rings. The van der Waals surface area contributed by atoms with Crippen LogP contribution in [-0.2, 0) is 19.9 Å². The Balaban J connectivity index is 2.16. The number of aromatic hydroxyl groups is 1. The van der Waals surface area contributed by atoms with Crippen molar-refractivity contribution in [2.75, 3.05) is 11.5 Å². The summed E-state index contributed by atoms with van der Waals surface area (Å²) in [6.45, 7) is 0. The standard InChI is InChI=1S/C10H13NO5S2/c12-9-1-3-10(4-2-9)18(15,16)11-8-5-6-17(13,14)7-8/h1-4,8,11-12H,5-7H2. The maximum Gasteiger partial charge on any atom is 0.240 e. The Morgan fingerprint density at radius 2 is 1.83 bits per heavy atom. The first-order valence-electron chi connectivity index (χ1n) is 5.30. The summed E-state index contributed by atoms with van der Waals surface area (Å²) in [5.74, 6) is -0.183. The summed E-state index contributed by atoms with van der Waals surface area (Å²) in [6, 6.07) is 4.48. The number of hydrogen-bond acceptors (Lipinski definition) is 5. The first-order valence-corrected chi connectivity index (χ1v) is 8.61. The SMILES string of the molecule is O=S1(=O)CCC(NS(=O)(=O)c2ccc(O)cc2)C1. The molecule has 0 radical (unpaired) electrons. The Labute approximate surface area is 106 Å². The fraction of sp³-hybridized carbons (Fsp3) is 0.400. The van der Waals surface area contributed by atoms with Gasteiger partial charge in [-0.3, -0.25) is 0 Å². The largest absolute Gasteiger partial charge is 0.508 e. The minimum atomic E-state index is -3.74. The number of sulfone groups is 1. The normalized spacial score (nSPS) is 23.0. The van der Waals surface area contributed by atoms with E-state index in [4.69, 9.17) is 5.11 Å². The van der Waals surface area contributed by atoms with Crippen LogP contribution < -0.4 is 4.72 Å². The summed E-state index contributed by atoms with van der Waals surface area (Å²) in [4.78, 5) is 0.00426. The molecule has 0 bridgehead atoms. The molecule has 1 fully saturated rings. The van der Waals surface area contributed by atoms with Gasteiger partial charge in [-0.15, -0.1) is 0 Å². The second-order valence-electron chi connectivity index (χ2n) is 4.22. The third-order valence-corrected chi connectivity index (χ3v) is 6.01. The maximum atomic E-state index is 11.9. The zero-order valence-electron chi connectivity index (χ0n) is 9.40. The number of hydrogen-bond donors (Lipinski definition) is 2. The first-order chi connectivity index (χ1) is 8.28. The third-order valence-electron chi connectivity index (χ3n) is 2.70. The predicted octanol–water partition coefficient (Wildman–Crippen LogP) is -0.142. The van der Waals surface area contributed by atoms with E-state index >= 15 is 0 Å². The molecule has 8 heteroatoms. The minimum absolute atomic E-state index is 0.00426. The van der Waals surface area contributed by atoms with E-state index in [1.807, 2.05) is 0 Å². The van der Waals surface area contributed by atoms with Crippen LogP contribution in [0.5, 0.6) is 5.75 Å². The van der Waals surface area contributed by atoms with Crippen molar-refractivity contribution in [3.8, 4) is 5.75 Å². The molecule has 2 rings (SSSR count). The Morgan fingerprint density at radius 1 is 1.22 bits per heavy atom. The number of rotatable bonds is 3. The van der Waals surface area contributed by atoms with Crippen molar-refractivity contribution in [1.29, 1.82) is 0 Å². The smallest absolute Gasteiger partial charge is 0.240 e. The van der Waals surface area contributed by atoms with Gasteiger partial charge in [0.1, 0.15) is 5.75 Å². The van der Waals surface area contributed by atoms with Crippen molar-refractivity contribution in [2.45, 2.75) is 17.4 Å². The second kappa shape index (κ2) is 4.52. The average molecular weight is 291 g/mol. The quantitative estimate of drug-likeness (QED) is 0.807. The molecule has 0 aliphatic carbocycles. The van der Waals surface area contributed by atoms with Gasteiger partial charge in [0.2, 0.25) is 10.0 Å². The van der Waals surface area contributed by atoms with E-state index in [9.17, 15) is 16.8 Å². The molecule has 1 aromatic carbocycles. The number of sulfonamides is 1. The number of nitrogens with one attached hydrogen (secondary N) is 1. The molecule has 0 aromatic heterocycles. The maximum absolute atomic E-state index is 11.9. The molecule has 0 amide bonds. The van der Waals surface area contributed by atoms with Crippen LogP contribution in [0.4, 0.5) is 0 Å². The van der Waals surface area contributed by atoms with E-state index in [-0.39, 0.29) is 22.2 Å². The molecule has 18 heavy (non-hydrogen) atoms. The number of phenolic OH excluding ortho intramolecular Hbond substituents is 1. The van der Waals surface area contributed by atoms with Crippen LogP contribution in [-0.4, -0.2) is 39.5 Å². The monoisotopic (exact) mass is 291 g/mol. The van der Waals surface area contributed by atoms with Gasteiger partial charge in [-0.2, -0.15) is 0 Å². The topological polar surface area (TPSA) is 101 Å². The van der Waals surface area contributed by atoms with Gasteiger partial charge in [0, 0.05) is 6.04 Å². The van der Waals surface area contributed by atoms with Gasteiger partial charge >= 0.3 is 0 Å². The second-order valence-corrected chi connectivity index (χ2v) is 8.16. The number of benzene rings is 1. The zero-order valence-corrected chi connectivity index (χ0v) is 11.0. The third kappa shape index (κ3) is 3.01. The molecule has 1 unspecified atom stereocenters. The summed E-state index contributed by atoms with van der Waals surface area (Å²) in [5.41, 5.74) is 0. The lowest BCUT2D eigenvalue weighted by atomic mass is 10.3. The molecule has 1 aliphatic heterocycles. The molecule has 100 valence electrons. The van der Waals surface area contributed by atoms with E-state index < -0.39 is 25.9 Å². The lowest BCUT2D eigenvalue weighted by Crippen LogP contribution is -2.35. The highest BCUT2D eigenvalue weighted by molar-refractivity contribution is 7.92. The molecule has 1 saturated heterocycles. The zero-order chi connectivity index (χ0) is 13.4. The summed E-state index contributed by atoms with van der Waals surface area (Å²) in [6.07, 6.45) is 0.291. The predicted molar refractivity (Wildman–Crippen MR) is 65.5 cm³/mol. The molecule has 1 aromatic rings. The Hall–Kier alpha value is -1.12. The molecule has 2 N–H and O–H groups in total. The lowest BCUT2D eigenvalue weighted by molar-refractivity contribution is 0.474. The molecule has 1 atom stereocenters. The van der Waals surface area contributed by atoms with Crippen LogP contribution >= 0.6 is 0 Å². The summed E-state index contributed by atoms with van der Waals surface area (Å²) < 4.78 is 48.7. The highest BCUT2D eigenvalue weighted by Crippen LogP contribution is 2.17. The van der Waals surface area contributed by atoms with Gasteiger partial charge in [0.25, 0.3) is 0 Å². The number of phenols is 1. The molecular formula is C10H13NO5S2. The molecule has 1 heterocycles. The highest BCUT2D eigenvalue weighted by atomic mass is 32.2. The fourth-order valence-electron chi connectivity index (χ4n) is 1.80.